The van der Waals surface area contributed by atoms with Crippen LogP contribution in [-0.2, 0) is 25.5 Å². The summed E-state index contributed by atoms with van der Waals surface area (Å²) in [5.74, 6) is -1.74. The molecule has 3 fully saturated rings. The van der Waals surface area contributed by atoms with E-state index < -0.39 is 29.6 Å². The van der Waals surface area contributed by atoms with E-state index in [0.717, 1.165) is 31.2 Å². The van der Waals surface area contributed by atoms with E-state index in [1.54, 1.807) is 36.3 Å². The highest BCUT2D eigenvalue weighted by molar-refractivity contribution is 6.31. The number of benzene rings is 2. The number of rotatable bonds is 8. The third kappa shape index (κ3) is 4.67. The van der Waals surface area contributed by atoms with Crippen LogP contribution in [0, 0.1) is 11.8 Å². The summed E-state index contributed by atoms with van der Waals surface area (Å²) < 4.78 is 11.7. The Bertz CT molecular complexity index is 1340. The van der Waals surface area contributed by atoms with Crippen molar-refractivity contribution in [2.24, 2.45) is 11.8 Å². The molecule has 2 aromatic rings. The Morgan fingerprint density at radius 3 is 2.67 bits per heavy atom. The van der Waals surface area contributed by atoms with Crippen LogP contribution in [0.5, 0.6) is 5.75 Å². The van der Waals surface area contributed by atoms with Crippen LogP contribution in [0.2, 0.25) is 5.02 Å². The third-order valence-corrected chi connectivity index (χ3v) is 9.16. The molecular weight excluding hydrogens is 530 g/mol. The van der Waals surface area contributed by atoms with Crippen molar-refractivity contribution >= 4 is 35.0 Å². The highest BCUT2D eigenvalue weighted by Crippen LogP contribution is 2.55. The minimum Gasteiger partial charge on any atom is -0.497 e. The maximum atomic E-state index is 14.2. The Kier molecular flexibility index (Phi) is 7.31. The van der Waals surface area contributed by atoms with Gasteiger partial charge in [-0.15, -0.1) is 0 Å². The highest BCUT2D eigenvalue weighted by atomic mass is 35.5. The largest absolute Gasteiger partial charge is 0.497 e. The predicted molar refractivity (Wildman–Crippen MR) is 151 cm³/mol. The molecule has 2 bridgehead atoms. The van der Waals surface area contributed by atoms with Crippen molar-refractivity contribution < 1.29 is 23.9 Å². The summed E-state index contributed by atoms with van der Waals surface area (Å²) in [5.41, 5.74) is 0.265. The van der Waals surface area contributed by atoms with Gasteiger partial charge in [0.05, 0.1) is 25.0 Å². The van der Waals surface area contributed by atoms with Gasteiger partial charge in [-0.1, -0.05) is 67.3 Å². The number of hydrogen-bond donors (Lipinski definition) is 2. The number of likely N-dealkylation sites (tertiary alicyclic amines) is 1. The quantitative estimate of drug-likeness (QED) is 0.471. The van der Waals surface area contributed by atoms with Gasteiger partial charge in [0.1, 0.15) is 17.4 Å². The average Bonchev–Trinajstić information content (AvgIpc) is 3.60. The first-order chi connectivity index (χ1) is 19.4. The van der Waals surface area contributed by atoms with E-state index in [0.29, 0.717) is 22.9 Å². The van der Waals surface area contributed by atoms with E-state index in [9.17, 15) is 14.4 Å². The molecule has 0 unspecified atom stereocenters. The van der Waals surface area contributed by atoms with Crippen molar-refractivity contribution in [3.63, 3.8) is 0 Å². The van der Waals surface area contributed by atoms with Crippen molar-refractivity contribution in [1.82, 2.24) is 10.2 Å². The summed E-state index contributed by atoms with van der Waals surface area (Å²) in [6, 6.07) is 13.8. The molecule has 8 nitrogen and oxygen atoms in total. The van der Waals surface area contributed by atoms with Crippen LogP contribution >= 0.6 is 11.6 Å². The van der Waals surface area contributed by atoms with Gasteiger partial charge in [0, 0.05) is 29.4 Å². The normalized spacial score (nSPS) is 28.9. The molecule has 2 N–H and O–H groups in total. The molecule has 4 aliphatic rings. The smallest absolute Gasteiger partial charge is 0.246 e. The van der Waals surface area contributed by atoms with Crippen LogP contribution in [0.3, 0.4) is 0 Å². The summed E-state index contributed by atoms with van der Waals surface area (Å²) >= 11 is 6.41. The van der Waals surface area contributed by atoms with Crippen LogP contribution in [0.15, 0.2) is 60.7 Å². The van der Waals surface area contributed by atoms with Gasteiger partial charge in [-0.3, -0.25) is 14.4 Å². The summed E-state index contributed by atoms with van der Waals surface area (Å²) in [6.07, 6.45) is 8.73. The Morgan fingerprint density at radius 2 is 1.90 bits per heavy atom. The van der Waals surface area contributed by atoms with Gasteiger partial charge in [-0.2, -0.15) is 0 Å². The second kappa shape index (κ2) is 10.9. The Balaban J connectivity index is 1.29. The highest BCUT2D eigenvalue weighted by Gasteiger charge is 2.72. The summed E-state index contributed by atoms with van der Waals surface area (Å²) in [7, 11) is 1.56. The second-order valence-corrected chi connectivity index (χ2v) is 11.5. The standard InChI is InChI=1S/C31H34ClN3O5/c1-39-22-12-7-11-21(18-22)34-28(36)25-24-14-16-31(40-24)26(25)30(38)35(17-15-19-8-5-6-13-23(19)32)27(31)29(37)33-20-9-3-2-4-10-20/h5-8,11-14,16,18,20,24-27H,2-4,9-10,15,17H2,1H3,(H,33,37)(H,34,36)/t24-,25-,26-,27-,31-/m0/s1. The predicted octanol–water partition coefficient (Wildman–Crippen LogP) is 4.13. The number of nitrogens with zero attached hydrogens (tertiary/aromatic N) is 1. The van der Waals surface area contributed by atoms with Crippen LogP contribution in [0.4, 0.5) is 5.69 Å². The molecule has 1 aliphatic carbocycles. The fourth-order valence-corrected chi connectivity index (χ4v) is 7.13. The van der Waals surface area contributed by atoms with E-state index in [2.05, 4.69) is 10.6 Å². The Hall–Kier alpha value is -3.36. The van der Waals surface area contributed by atoms with Crippen molar-refractivity contribution in [3.8, 4) is 5.75 Å². The van der Waals surface area contributed by atoms with Crippen molar-refractivity contribution in [2.75, 3.05) is 19.0 Å². The topological polar surface area (TPSA) is 97.0 Å². The van der Waals surface area contributed by atoms with Crippen LogP contribution in [0.1, 0.15) is 37.7 Å². The lowest BCUT2D eigenvalue weighted by molar-refractivity contribution is -0.141. The first kappa shape index (κ1) is 26.8. The number of nitrogens with one attached hydrogen (secondary N) is 2. The maximum Gasteiger partial charge on any atom is 0.246 e. The lowest BCUT2D eigenvalue weighted by atomic mass is 9.74. The van der Waals surface area contributed by atoms with Gasteiger partial charge >= 0.3 is 0 Å². The lowest BCUT2D eigenvalue weighted by Gasteiger charge is -2.34. The molecule has 5 atom stereocenters. The lowest BCUT2D eigenvalue weighted by Crippen LogP contribution is -2.56. The summed E-state index contributed by atoms with van der Waals surface area (Å²) in [6.45, 7) is 0.287. The van der Waals surface area contributed by atoms with Crippen molar-refractivity contribution in [3.05, 3.63) is 71.3 Å². The number of fused-ring (bicyclic) bond motifs is 1. The van der Waals surface area contributed by atoms with Gasteiger partial charge in [0.25, 0.3) is 0 Å². The first-order valence-corrected chi connectivity index (χ1v) is 14.5. The number of carbonyl (C=O) groups excluding carboxylic acids is 3. The van der Waals surface area contributed by atoms with Crippen molar-refractivity contribution in [2.45, 2.75) is 62.3 Å². The van der Waals surface area contributed by atoms with Gasteiger partial charge in [0.2, 0.25) is 17.7 Å². The molecule has 1 saturated carbocycles. The minimum atomic E-state index is -1.20. The molecule has 3 heterocycles. The van der Waals surface area contributed by atoms with E-state index in [4.69, 9.17) is 21.1 Å². The summed E-state index contributed by atoms with van der Waals surface area (Å²) in [4.78, 5) is 43.4. The van der Waals surface area contributed by atoms with Crippen LogP contribution < -0.4 is 15.4 Å². The number of amides is 3. The van der Waals surface area contributed by atoms with Crippen LogP contribution in [-0.4, -0.2) is 60.1 Å². The molecule has 6 rings (SSSR count). The Morgan fingerprint density at radius 1 is 1.10 bits per heavy atom. The van der Waals surface area contributed by atoms with Gasteiger partial charge in [-0.25, -0.2) is 0 Å². The van der Waals surface area contributed by atoms with E-state index in [-0.39, 0.29) is 30.3 Å². The number of anilines is 1. The fraction of sp³-hybridized carbons (Fsp3) is 0.452. The van der Waals surface area contributed by atoms with Gasteiger partial charge in [-0.05, 0) is 43.0 Å². The zero-order valence-corrected chi connectivity index (χ0v) is 23.2. The summed E-state index contributed by atoms with van der Waals surface area (Å²) in [5, 5.41) is 6.78. The third-order valence-electron chi connectivity index (χ3n) is 8.79. The van der Waals surface area contributed by atoms with Crippen LogP contribution in [0.25, 0.3) is 0 Å². The first-order valence-electron chi connectivity index (χ1n) is 14.1. The SMILES string of the molecule is COc1cccc(NC(=O)[C@H]2[C@@H]3C=C[C@]4(O3)[C@@H]2C(=O)N(CCc2ccccc2Cl)[C@H]4C(=O)NC2CCCCC2)c1. The second-order valence-electron chi connectivity index (χ2n) is 11.1. The van der Waals surface area contributed by atoms with E-state index in [1.165, 1.54) is 6.42 Å². The van der Waals surface area contributed by atoms with Crippen molar-refractivity contribution in [1.29, 1.82) is 0 Å². The molecule has 210 valence electrons. The molecule has 40 heavy (non-hydrogen) atoms. The van der Waals surface area contributed by atoms with Gasteiger partial charge in [0.15, 0.2) is 0 Å². The molecule has 2 aromatic carbocycles. The number of hydrogen-bond acceptors (Lipinski definition) is 5. The number of methoxy groups -OCH3 is 1. The van der Waals surface area contributed by atoms with Gasteiger partial charge < -0.3 is 25.0 Å². The number of ether oxygens (including phenoxy) is 2. The molecule has 3 aliphatic heterocycles. The minimum absolute atomic E-state index is 0.0759. The average molecular weight is 564 g/mol. The number of carbonyl (C=O) groups is 3. The zero-order valence-electron chi connectivity index (χ0n) is 22.5. The molecule has 2 saturated heterocycles. The molecule has 3 amide bonds. The monoisotopic (exact) mass is 563 g/mol. The molecule has 0 radical (unpaired) electrons. The molecular formula is C31H34ClN3O5. The van der Waals surface area contributed by atoms with E-state index >= 15 is 0 Å². The maximum absolute atomic E-state index is 14.2. The molecule has 1 spiro atoms. The van der Waals surface area contributed by atoms with E-state index in [1.807, 2.05) is 36.4 Å². The number of halogens is 1. The fourth-order valence-electron chi connectivity index (χ4n) is 6.90. The molecule has 0 aromatic heterocycles. The molecule has 9 heteroatoms. The Labute approximate surface area is 239 Å². The zero-order chi connectivity index (χ0) is 27.9.